The van der Waals surface area contributed by atoms with E-state index in [9.17, 15) is 31.3 Å². The largest absolute Gasteiger partial charge is 0.513 e. The summed E-state index contributed by atoms with van der Waals surface area (Å²) in [5.74, 6) is -14.6. The monoisotopic (exact) mass is 503 g/mol. The fraction of sp³-hybridized carbons (Fsp3) is 0.227. The number of hydrogen-bond donors (Lipinski definition) is 1. The van der Waals surface area contributed by atoms with E-state index in [2.05, 4.69) is 5.09 Å². The van der Waals surface area contributed by atoms with Gasteiger partial charge in [0.1, 0.15) is 11.8 Å². The molecule has 3 aromatic rings. The second kappa shape index (κ2) is 9.99. The second-order valence-corrected chi connectivity index (χ2v) is 9.01. The van der Waals surface area contributed by atoms with Crippen molar-refractivity contribution in [2.75, 3.05) is 0 Å². The molecule has 0 aliphatic carbocycles. The minimum Gasteiger partial charge on any atom is -0.462 e. The fourth-order valence-corrected chi connectivity index (χ4v) is 4.43. The first-order valence-corrected chi connectivity index (χ1v) is 11.4. The highest BCUT2D eigenvalue weighted by Gasteiger charge is 2.38. The molecule has 2 atom stereocenters. The zero-order chi connectivity index (χ0) is 25.2. The number of fused-ring (bicyclic) bond motifs is 1. The quantitative estimate of drug-likeness (QED) is 0.133. The summed E-state index contributed by atoms with van der Waals surface area (Å²) in [4.78, 5) is 12.2. The molecule has 0 heterocycles. The molecule has 12 heteroatoms. The molecular weight excluding hydrogens is 484 g/mol. The number of carbonyl (C=O) groups is 1. The second-order valence-electron chi connectivity index (χ2n) is 7.39. The van der Waals surface area contributed by atoms with Crippen LogP contribution in [0.15, 0.2) is 42.5 Å². The van der Waals surface area contributed by atoms with E-state index in [1.165, 1.54) is 19.1 Å². The van der Waals surface area contributed by atoms with Crippen molar-refractivity contribution in [1.29, 1.82) is 0 Å². The molecule has 34 heavy (non-hydrogen) atoms. The van der Waals surface area contributed by atoms with E-state index < -0.39 is 60.7 Å². The molecule has 3 aromatic carbocycles. The molecule has 0 spiro atoms. The summed E-state index contributed by atoms with van der Waals surface area (Å²) in [5, 5.41) is 3.15. The molecule has 182 valence electrons. The summed E-state index contributed by atoms with van der Waals surface area (Å²) in [6, 6.07) is 9.71. The highest BCUT2D eigenvalue weighted by molar-refractivity contribution is 7.52. The van der Waals surface area contributed by atoms with Crippen molar-refractivity contribution in [3.8, 4) is 11.5 Å². The molecule has 6 nitrogen and oxygen atoms in total. The molecular formula is C22H19F5NO5P. The number of benzene rings is 3. The van der Waals surface area contributed by atoms with Crippen LogP contribution in [0.1, 0.15) is 20.8 Å². The van der Waals surface area contributed by atoms with Crippen LogP contribution < -0.4 is 14.1 Å². The normalized spacial score (nSPS) is 14.0. The van der Waals surface area contributed by atoms with Gasteiger partial charge in [0.25, 0.3) is 0 Å². The molecule has 0 amide bonds. The van der Waals surface area contributed by atoms with Gasteiger partial charge in [0.05, 0.1) is 6.10 Å². The Morgan fingerprint density at radius 2 is 1.38 bits per heavy atom. The lowest BCUT2D eigenvalue weighted by molar-refractivity contribution is -0.149. The Bertz CT molecular complexity index is 1250. The van der Waals surface area contributed by atoms with Crippen molar-refractivity contribution in [1.82, 2.24) is 5.09 Å². The SMILES string of the molecule is CC(C)OC(=O)[C@H](C)N[P@@](=O)(Oc1c(F)c(F)c(F)c(F)c1F)Oc1cccc2ccccc12. The van der Waals surface area contributed by atoms with Crippen molar-refractivity contribution in [2.24, 2.45) is 0 Å². The Labute approximate surface area is 191 Å². The van der Waals surface area contributed by atoms with Gasteiger partial charge in [-0.05, 0) is 32.2 Å². The summed E-state index contributed by atoms with van der Waals surface area (Å²) in [5.41, 5.74) is 0. The van der Waals surface area contributed by atoms with Crippen LogP contribution in [0, 0.1) is 29.1 Å². The Morgan fingerprint density at radius 1 is 0.824 bits per heavy atom. The van der Waals surface area contributed by atoms with Gasteiger partial charge in [-0.15, -0.1) is 0 Å². The smallest absolute Gasteiger partial charge is 0.462 e. The van der Waals surface area contributed by atoms with Crippen molar-refractivity contribution in [2.45, 2.75) is 32.9 Å². The first-order chi connectivity index (χ1) is 15.9. The third kappa shape index (κ3) is 5.31. The molecule has 0 saturated heterocycles. The first kappa shape index (κ1) is 25.5. The summed E-state index contributed by atoms with van der Waals surface area (Å²) >= 11 is 0. The maximum atomic E-state index is 14.3. The average Bonchev–Trinajstić information content (AvgIpc) is 2.79. The van der Waals surface area contributed by atoms with E-state index in [0.717, 1.165) is 0 Å². The van der Waals surface area contributed by atoms with Crippen LogP contribution in [0.2, 0.25) is 0 Å². The van der Waals surface area contributed by atoms with Crippen molar-refractivity contribution in [3.63, 3.8) is 0 Å². The zero-order valence-corrected chi connectivity index (χ0v) is 19.0. The van der Waals surface area contributed by atoms with Gasteiger partial charge in [-0.3, -0.25) is 4.79 Å². The molecule has 0 aliphatic rings. The molecule has 0 saturated carbocycles. The van der Waals surface area contributed by atoms with Crippen molar-refractivity contribution >= 4 is 24.5 Å². The maximum Gasteiger partial charge on any atom is 0.513 e. The fourth-order valence-electron chi connectivity index (χ4n) is 2.89. The molecule has 0 aromatic heterocycles. The van der Waals surface area contributed by atoms with E-state index in [1.54, 1.807) is 44.2 Å². The number of halogens is 5. The van der Waals surface area contributed by atoms with E-state index in [0.29, 0.717) is 10.8 Å². The minimum atomic E-state index is -5.02. The standard InChI is InChI=1S/C22H19F5NO5P/c1-11(2)31-22(29)12(3)28-34(30,32-15-10-6-8-13-7-4-5-9-14(13)15)33-21-19(26)17(24)16(23)18(25)20(21)27/h4-12H,1-3H3,(H,28,30)/t12-,34-/m0/s1. The first-order valence-electron chi connectivity index (χ1n) is 9.90. The summed E-state index contributed by atoms with van der Waals surface area (Å²) in [6.07, 6.45) is -0.564. The van der Waals surface area contributed by atoms with Gasteiger partial charge >= 0.3 is 13.7 Å². The topological polar surface area (TPSA) is 73.9 Å². The third-order valence-corrected chi connectivity index (χ3v) is 5.97. The molecule has 0 aliphatic heterocycles. The highest BCUT2D eigenvalue weighted by Crippen LogP contribution is 2.49. The molecule has 0 fully saturated rings. The summed E-state index contributed by atoms with van der Waals surface area (Å²) in [6.45, 7) is 4.27. The van der Waals surface area contributed by atoms with Crippen LogP contribution in [0.3, 0.4) is 0 Å². The van der Waals surface area contributed by atoms with Gasteiger partial charge in [0, 0.05) is 5.39 Å². The van der Waals surface area contributed by atoms with E-state index in [4.69, 9.17) is 13.8 Å². The number of rotatable bonds is 8. The predicted molar refractivity (Wildman–Crippen MR) is 113 cm³/mol. The van der Waals surface area contributed by atoms with Gasteiger partial charge in [-0.1, -0.05) is 36.4 Å². The van der Waals surface area contributed by atoms with E-state index in [1.807, 2.05) is 0 Å². The summed E-state index contributed by atoms with van der Waals surface area (Å²) < 4.78 is 98.0. The molecule has 0 radical (unpaired) electrons. The number of hydrogen-bond acceptors (Lipinski definition) is 5. The molecule has 0 unspecified atom stereocenters. The van der Waals surface area contributed by atoms with Crippen molar-refractivity contribution in [3.05, 3.63) is 71.6 Å². The van der Waals surface area contributed by atoms with Gasteiger partial charge in [0.15, 0.2) is 0 Å². The van der Waals surface area contributed by atoms with Crippen LogP contribution in [-0.2, 0) is 14.1 Å². The molecule has 0 bridgehead atoms. The van der Waals surface area contributed by atoms with Gasteiger partial charge < -0.3 is 13.8 Å². The Balaban J connectivity index is 2.07. The highest BCUT2D eigenvalue weighted by atomic mass is 31.2. The van der Waals surface area contributed by atoms with Crippen LogP contribution in [0.4, 0.5) is 22.0 Å². The van der Waals surface area contributed by atoms with E-state index >= 15 is 0 Å². The van der Waals surface area contributed by atoms with Crippen LogP contribution in [-0.4, -0.2) is 18.1 Å². The lowest BCUT2D eigenvalue weighted by Gasteiger charge is -2.24. The van der Waals surface area contributed by atoms with Crippen LogP contribution in [0.5, 0.6) is 11.5 Å². The van der Waals surface area contributed by atoms with E-state index in [-0.39, 0.29) is 5.75 Å². The maximum absolute atomic E-state index is 14.3. The van der Waals surface area contributed by atoms with Gasteiger partial charge in [-0.25, -0.2) is 17.7 Å². The minimum absolute atomic E-state index is 0.109. The van der Waals surface area contributed by atoms with Crippen LogP contribution in [0.25, 0.3) is 10.8 Å². The molecule has 3 rings (SSSR count). The summed E-state index contributed by atoms with van der Waals surface area (Å²) in [7, 11) is -5.02. The number of esters is 1. The van der Waals surface area contributed by atoms with Crippen molar-refractivity contribution < 1.29 is 45.1 Å². The van der Waals surface area contributed by atoms with Gasteiger partial charge in [-0.2, -0.15) is 13.9 Å². The predicted octanol–water partition coefficient (Wildman–Crippen LogP) is 6.03. The number of nitrogens with one attached hydrogen (secondary N) is 1. The average molecular weight is 503 g/mol. The zero-order valence-electron chi connectivity index (χ0n) is 18.1. The Kier molecular flexibility index (Phi) is 7.48. The lowest BCUT2D eigenvalue weighted by Crippen LogP contribution is -2.37. The lowest BCUT2D eigenvalue weighted by atomic mass is 10.1. The number of carbonyl (C=O) groups excluding carboxylic acids is 1. The third-order valence-electron chi connectivity index (χ3n) is 4.41. The molecule has 1 N–H and O–H groups in total. The van der Waals surface area contributed by atoms with Crippen LogP contribution >= 0.6 is 7.75 Å². The van der Waals surface area contributed by atoms with Gasteiger partial charge in [0.2, 0.25) is 34.8 Å². The Morgan fingerprint density at radius 3 is 2.00 bits per heavy atom. The number of ether oxygens (including phenoxy) is 1. The Hall–Kier alpha value is -3.17.